The smallest absolute Gasteiger partial charge is 0.338 e. The molecule has 7 heteroatoms. The van der Waals surface area contributed by atoms with Crippen LogP contribution in [0, 0.1) is 0 Å². The van der Waals surface area contributed by atoms with Gasteiger partial charge >= 0.3 is 5.97 Å². The maximum Gasteiger partial charge on any atom is 0.338 e. The predicted molar refractivity (Wildman–Crippen MR) is 96.8 cm³/mol. The Balaban J connectivity index is 1.93. The van der Waals surface area contributed by atoms with Crippen LogP contribution >= 0.6 is 45.9 Å². The summed E-state index contributed by atoms with van der Waals surface area (Å²) in [5, 5.41) is 2.74. The van der Waals surface area contributed by atoms with E-state index in [1.54, 1.807) is 19.1 Å². The molecule has 0 bridgehead atoms. The maximum absolute atomic E-state index is 11.8. The van der Waals surface area contributed by atoms with E-state index in [1.165, 1.54) is 22.7 Å². The Hall–Kier alpha value is -1.40. The zero-order valence-corrected chi connectivity index (χ0v) is 15.2. The van der Waals surface area contributed by atoms with E-state index in [0.717, 1.165) is 21.8 Å². The summed E-state index contributed by atoms with van der Waals surface area (Å²) >= 11 is 15.0. The Labute approximate surface area is 151 Å². The number of nitrogens with zero attached hydrogens (tertiary/aromatic N) is 1. The second-order valence-corrected chi connectivity index (χ2v) is 7.72. The molecule has 0 unspecified atom stereocenters. The Morgan fingerprint density at radius 3 is 2.83 bits per heavy atom. The fourth-order valence-electron chi connectivity index (χ4n) is 2.04. The molecule has 0 aliphatic carbocycles. The summed E-state index contributed by atoms with van der Waals surface area (Å²) in [6.07, 6.45) is 0. The molecule has 0 atom stereocenters. The van der Waals surface area contributed by atoms with Gasteiger partial charge in [-0.15, -0.1) is 22.7 Å². The first kappa shape index (κ1) is 16.5. The van der Waals surface area contributed by atoms with Gasteiger partial charge in [-0.3, -0.25) is 0 Å². The van der Waals surface area contributed by atoms with Crippen LogP contribution < -0.4 is 0 Å². The Bertz CT molecular complexity index is 857. The van der Waals surface area contributed by atoms with Gasteiger partial charge in [-0.05, 0) is 25.1 Å². The lowest BCUT2D eigenvalue weighted by Crippen LogP contribution is -2.04. The summed E-state index contributed by atoms with van der Waals surface area (Å²) in [6, 6.07) is 9.04. The molecule has 3 rings (SSSR count). The van der Waals surface area contributed by atoms with Crippen LogP contribution in [-0.4, -0.2) is 17.6 Å². The minimum Gasteiger partial charge on any atom is -0.462 e. The number of carbonyl (C=O) groups excluding carboxylic acids is 1. The van der Waals surface area contributed by atoms with Gasteiger partial charge in [0.05, 0.1) is 22.2 Å². The zero-order valence-electron chi connectivity index (χ0n) is 12.0. The van der Waals surface area contributed by atoms with Gasteiger partial charge in [0, 0.05) is 16.5 Å². The monoisotopic (exact) mass is 383 g/mol. The quantitative estimate of drug-likeness (QED) is 0.516. The summed E-state index contributed by atoms with van der Waals surface area (Å²) in [4.78, 5) is 16.4. The van der Waals surface area contributed by atoms with Crippen molar-refractivity contribution in [2.24, 2.45) is 0 Å². The van der Waals surface area contributed by atoms with Crippen molar-refractivity contribution in [3.05, 3.63) is 49.9 Å². The summed E-state index contributed by atoms with van der Waals surface area (Å²) in [7, 11) is 0. The summed E-state index contributed by atoms with van der Waals surface area (Å²) in [5.74, 6) is -0.334. The van der Waals surface area contributed by atoms with Gasteiger partial charge in [-0.1, -0.05) is 35.3 Å². The molecule has 0 aliphatic rings. The molecule has 0 fully saturated rings. The summed E-state index contributed by atoms with van der Waals surface area (Å²) < 4.78 is 6.27. The SMILES string of the molecule is CCOC(=O)c1cccc(-c2nc(-c3cc(Cl)sc3Cl)cs2)c1. The van der Waals surface area contributed by atoms with Crippen molar-refractivity contribution in [3.63, 3.8) is 0 Å². The van der Waals surface area contributed by atoms with Gasteiger partial charge in [-0.25, -0.2) is 9.78 Å². The number of esters is 1. The van der Waals surface area contributed by atoms with Gasteiger partial charge < -0.3 is 4.74 Å². The van der Waals surface area contributed by atoms with Crippen molar-refractivity contribution >= 4 is 51.8 Å². The summed E-state index contributed by atoms with van der Waals surface area (Å²) in [5.41, 5.74) is 2.98. The first-order valence-electron chi connectivity index (χ1n) is 6.76. The molecule has 3 nitrogen and oxygen atoms in total. The molecule has 0 saturated heterocycles. The largest absolute Gasteiger partial charge is 0.462 e. The average molecular weight is 384 g/mol. The topological polar surface area (TPSA) is 39.2 Å². The van der Waals surface area contributed by atoms with Crippen molar-refractivity contribution < 1.29 is 9.53 Å². The van der Waals surface area contributed by atoms with E-state index >= 15 is 0 Å². The van der Waals surface area contributed by atoms with Crippen LogP contribution in [0.25, 0.3) is 21.8 Å². The van der Waals surface area contributed by atoms with Gasteiger partial charge in [0.15, 0.2) is 0 Å². The van der Waals surface area contributed by atoms with E-state index in [0.29, 0.717) is 20.8 Å². The normalized spacial score (nSPS) is 10.7. The molecule has 0 spiro atoms. The lowest BCUT2D eigenvalue weighted by Gasteiger charge is -2.03. The van der Waals surface area contributed by atoms with E-state index in [4.69, 9.17) is 27.9 Å². The van der Waals surface area contributed by atoms with Gasteiger partial charge in [0.1, 0.15) is 9.34 Å². The molecule has 0 amide bonds. The molecular weight excluding hydrogens is 373 g/mol. The molecule has 23 heavy (non-hydrogen) atoms. The molecule has 0 N–H and O–H groups in total. The van der Waals surface area contributed by atoms with Crippen LogP contribution in [0.2, 0.25) is 8.67 Å². The van der Waals surface area contributed by atoms with E-state index in [-0.39, 0.29) is 5.97 Å². The molecule has 0 aliphatic heterocycles. The lowest BCUT2D eigenvalue weighted by atomic mass is 10.1. The van der Waals surface area contributed by atoms with Gasteiger partial charge in [0.25, 0.3) is 0 Å². The lowest BCUT2D eigenvalue weighted by molar-refractivity contribution is 0.0526. The average Bonchev–Trinajstić information content (AvgIpc) is 3.14. The number of hydrogen-bond donors (Lipinski definition) is 0. The maximum atomic E-state index is 11.8. The number of aromatic nitrogens is 1. The Morgan fingerprint density at radius 1 is 1.30 bits per heavy atom. The number of thiazole rings is 1. The fourth-order valence-corrected chi connectivity index (χ4v) is 4.34. The third kappa shape index (κ3) is 3.58. The highest BCUT2D eigenvalue weighted by molar-refractivity contribution is 7.20. The van der Waals surface area contributed by atoms with E-state index < -0.39 is 0 Å². The van der Waals surface area contributed by atoms with Crippen LogP contribution in [0.5, 0.6) is 0 Å². The fraction of sp³-hybridized carbons (Fsp3) is 0.125. The molecule has 1 aromatic carbocycles. The standard InChI is InChI=1S/C16H11Cl2NO2S2/c1-2-21-16(20)10-5-3-4-9(6-10)15-19-12(8-22-15)11-7-13(17)23-14(11)18/h3-8H,2H2,1H3. The first-order chi connectivity index (χ1) is 11.1. The number of rotatable bonds is 4. The second-order valence-electron chi connectivity index (χ2n) is 4.58. The summed E-state index contributed by atoms with van der Waals surface area (Å²) in [6.45, 7) is 2.13. The Morgan fingerprint density at radius 2 is 2.13 bits per heavy atom. The van der Waals surface area contributed by atoms with Crippen molar-refractivity contribution in [1.82, 2.24) is 4.98 Å². The third-order valence-corrected chi connectivity index (χ3v) is 5.44. The van der Waals surface area contributed by atoms with Crippen molar-refractivity contribution in [3.8, 4) is 21.8 Å². The number of thiophene rings is 1. The number of carbonyl (C=O) groups is 1. The zero-order chi connectivity index (χ0) is 16.4. The van der Waals surface area contributed by atoms with Crippen LogP contribution in [0.15, 0.2) is 35.7 Å². The molecule has 2 heterocycles. The molecule has 0 saturated carbocycles. The molecule has 0 radical (unpaired) electrons. The number of benzene rings is 1. The molecule has 118 valence electrons. The second kappa shape index (κ2) is 7.01. The third-order valence-electron chi connectivity index (χ3n) is 3.06. The van der Waals surface area contributed by atoms with Crippen molar-refractivity contribution in [2.75, 3.05) is 6.61 Å². The van der Waals surface area contributed by atoms with Gasteiger partial charge in [-0.2, -0.15) is 0 Å². The van der Waals surface area contributed by atoms with Crippen LogP contribution in [0.1, 0.15) is 17.3 Å². The van der Waals surface area contributed by atoms with Crippen molar-refractivity contribution in [2.45, 2.75) is 6.92 Å². The van der Waals surface area contributed by atoms with Gasteiger partial charge in [0.2, 0.25) is 0 Å². The first-order valence-corrected chi connectivity index (χ1v) is 9.22. The molecule has 3 aromatic rings. The minimum atomic E-state index is -0.334. The van der Waals surface area contributed by atoms with E-state index in [1.807, 2.05) is 23.6 Å². The highest BCUT2D eigenvalue weighted by atomic mass is 35.5. The number of ether oxygens (including phenoxy) is 1. The Kier molecular flexibility index (Phi) is 5.02. The van der Waals surface area contributed by atoms with E-state index in [9.17, 15) is 4.79 Å². The van der Waals surface area contributed by atoms with E-state index in [2.05, 4.69) is 4.98 Å². The van der Waals surface area contributed by atoms with Crippen LogP contribution in [0.4, 0.5) is 0 Å². The van der Waals surface area contributed by atoms with Crippen molar-refractivity contribution in [1.29, 1.82) is 0 Å². The van der Waals surface area contributed by atoms with Crippen LogP contribution in [-0.2, 0) is 4.74 Å². The van der Waals surface area contributed by atoms with Crippen LogP contribution in [0.3, 0.4) is 0 Å². The predicted octanol–water partition coefficient (Wildman–Crippen LogP) is 6.02. The minimum absolute atomic E-state index is 0.334. The number of halogens is 2. The highest BCUT2D eigenvalue weighted by Crippen LogP contribution is 2.39. The number of hydrogen-bond acceptors (Lipinski definition) is 5. The molecule has 2 aromatic heterocycles. The highest BCUT2D eigenvalue weighted by Gasteiger charge is 2.14. The molecular formula is C16H11Cl2NO2S2.